The van der Waals surface area contributed by atoms with E-state index in [0.29, 0.717) is 5.96 Å². The lowest BCUT2D eigenvalue weighted by molar-refractivity contribution is 0.403. The molecule has 18 heavy (non-hydrogen) atoms. The van der Waals surface area contributed by atoms with E-state index in [2.05, 4.69) is 48.4 Å². The largest absolute Gasteiger partial charge is 0.370 e. The number of benzene rings is 1. The Hall–Kier alpha value is -1.55. The Morgan fingerprint density at radius 3 is 2.83 bits per heavy atom. The number of aryl methyl sites for hydroxylation is 1. The van der Waals surface area contributed by atoms with Gasteiger partial charge >= 0.3 is 0 Å². The second kappa shape index (κ2) is 7.71. The molecular formula is C14H24N4. The third-order valence-corrected chi connectivity index (χ3v) is 2.65. The van der Waals surface area contributed by atoms with Gasteiger partial charge in [-0.2, -0.15) is 0 Å². The number of rotatable bonds is 6. The monoisotopic (exact) mass is 248 g/mol. The van der Waals surface area contributed by atoms with Crippen molar-refractivity contribution in [3.05, 3.63) is 29.8 Å². The minimum absolute atomic E-state index is 0.488. The lowest BCUT2D eigenvalue weighted by Gasteiger charge is -2.09. The predicted octanol–water partition coefficient (Wildman–Crippen LogP) is 1.93. The molecule has 0 spiro atoms. The van der Waals surface area contributed by atoms with Crippen molar-refractivity contribution in [1.29, 1.82) is 0 Å². The van der Waals surface area contributed by atoms with Gasteiger partial charge in [-0.15, -0.1) is 0 Å². The molecule has 0 aliphatic carbocycles. The van der Waals surface area contributed by atoms with Gasteiger partial charge in [0.1, 0.15) is 0 Å². The van der Waals surface area contributed by atoms with Gasteiger partial charge < -0.3 is 16.0 Å². The number of nitrogens with one attached hydrogen (secondary N) is 1. The first-order chi connectivity index (χ1) is 8.61. The quantitative estimate of drug-likeness (QED) is 0.459. The zero-order chi connectivity index (χ0) is 13.4. The van der Waals surface area contributed by atoms with Gasteiger partial charge in [0, 0.05) is 12.2 Å². The Balaban J connectivity index is 2.42. The Kier molecular flexibility index (Phi) is 6.22. The number of hydrogen-bond donors (Lipinski definition) is 2. The zero-order valence-electron chi connectivity index (χ0n) is 11.6. The number of nitrogens with two attached hydrogens (primary N) is 1. The van der Waals surface area contributed by atoms with Gasteiger partial charge in [0.25, 0.3) is 0 Å². The van der Waals surface area contributed by atoms with Gasteiger partial charge in [-0.05, 0) is 51.2 Å². The first-order valence-electron chi connectivity index (χ1n) is 6.42. The fourth-order valence-electron chi connectivity index (χ4n) is 1.64. The summed E-state index contributed by atoms with van der Waals surface area (Å²) in [7, 11) is 4.11. The van der Waals surface area contributed by atoms with Crippen LogP contribution < -0.4 is 11.1 Å². The predicted molar refractivity (Wildman–Crippen MR) is 79.1 cm³/mol. The van der Waals surface area contributed by atoms with E-state index >= 15 is 0 Å². The van der Waals surface area contributed by atoms with Crippen molar-refractivity contribution in [1.82, 2.24) is 4.90 Å². The second-order valence-electron chi connectivity index (χ2n) is 4.60. The van der Waals surface area contributed by atoms with E-state index in [9.17, 15) is 0 Å². The average molecular weight is 248 g/mol. The topological polar surface area (TPSA) is 53.6 Å². The van der Waals surface area contributed by atoms with E-state index in [4.69, 9.17) is 5.73 Å². The molecule has 0 atom stereocenters. The van der Waals surface area contributed by atoms with E-state index in [1.54, 1.807) is 0 Å². The van der Waals surface area contributed by atoms with E-state index in [1.165, 1.54) is 5.56 Å². The SMILES string of the molecule is CCc1cccc(NC(N)=NCCCN(C)C)c1. The number of hydrogen-bond acceptors (Lipinski definition) is 2. The number of guanidine groups is 1. The van der Waals surface area contributed by atoms with Crippen LogP contribution in [-0.4, -0.2) is 38.0 Å². The third kappa shape index (κ3) is 5.68. The van der Waals surface area contributed by atoms with Gasteiger partial charge in [-0.25, -0.2) is 0 Å². The third-order valence-electron chi connectivity index (χ3n) is 2.65. The summed E-state index contributed by atoms with van der Waals surface area (Å²) in [5, 5.41) is 3.12. The Labute approximate surface area is 110 Å². The molecule has 0 aromatic heterocycles. The summed E-state index contributed by atoms with van der Waals surface area (Å²) in [6.45, 7) is 3.92. The Bertz CT molecular complexity index is 385. The van der Waals surface area contributed by atoms with E-state index in [1.807, 2.05) is 12.1 Å². The molecule has 3 N–H and O–H groups in total. The van der Waals surface area contributed by atoms with Gasteiger partial charge in [-0.3, -0.25) is 4.99 Å². The van der Waals surface area contributed by atoms with Crippen molar-refractivity contribution in [2.45, 2.75) is 19.8 Å². The van der Waals surface area contributed by atoms with Gasteiger partial charge in [0.2, 0.25) is 0 Å². The van der Waals surface area contributed by atoms with Crippen molar-refractivity contribution in [2.75, 3.05) is 32.5 Å². The van der Waals surface area contributed by atoms with Crippen LogP contribution in [-0.2, 0) is 6.42 Å². The molecule has 0 bridgehead atoms. The van der Waals surface area contributed by atoms with E-state index < -0.39 is 0 Å². The van der Waals surface area contributed by atoms with Crippen molar-refractivity contribution in [3.8, 4) is 0 Å². The molecule has 4 heteroatoms. The molecule has 0 aliphatic heterocycles. The van der Waals surface area contributed by atoms with Gasteiger partial charge in [0.05, 0.1) is 0 Å². The number of anilines is 1. The highest BCUT2D eigenvalue weighted by molar-refractivity contribution is 5.92. The molecule has 1 aromatic rings. The van der Waals surface area contributed by atoms with Crippen LogP contribution in [0.5, 0.6) is 0 Å². The van der Waals surface area contributed by atoms with E-state index in [0.717, 1.165) is 31.6 Å². The standard InChI is InChI=1S/C14H24N4/c1-4-12-7-5-8-13(11-12)17-14(15)16-9-6-10-18(2)3/h5,7-8,11H,4,6,9-10H2,1-3H3,(H3,15,16,17). The second-order valence-corrected chi connectivity index (χ2v) is 4.60. The summed E-state index contributed by atoms with van der Waals surface area (Å²) in [5.41, 5.74) is 8.13. The maximum Gasteiger partial charge on any atom is 0.193 e. The van der Waals surface area contributed by atoms with Gasteiger partial charge in [0.15, 0.2) is 5.96 Å². The smallest absolute Gasteiger partial charge is 0.193 e. The molecule has 1 rings (SSSR count). The maximum atomic E-state index is 5.84. The molecule has 0 aliphatic rings. The van der Waals surface area contributed by atoms with Crippen LogP contribution in [0.4, 0.5) is 5.69 Å². The molecule has 0 saturated carbocycles. The maximum absolute atomic E-state index is 5.84. The summed E-state index contributed by atoms with van der Waals surface area (Å²) in [5.74, 6) is 0.488. The van der Waals surface area contributed by atoms with Crippen LogP contribution in [0.1, 0.15) is 18.9 Å². The van der Waals surface area contributed by atoms with Crippen LogP contribution >= 0.6 is 0 Å². The van der Waals surface area contributed by atoms with Crippen LogP contribution in [0.25, 0.3) is 0 Å². The molecular weight excluding hydrogens is 224 g/mol. The minimum Gasteiger partial charge on any atom is -0.370 e. The van der Waals surface area contributed by atoms with Crippen LogP contribution in [0, 0.1) is 0 Å². The van der Waals surface area contributed by atoms with Crippen molar-refractivity contribution in [2.24, 2.45) is 10.7 Å². The molecule has 4 nitrogen and oxygen atoms in total. The highest BCUT2D eigenvalue weighted by Crippen LogP contribution is 2.10. The van der Waals surface area contributed by atoms with Gasteiger partial charge in [-0.1, -0.05) is 19.1 Å². The Morgan fingerprint density at radius 2 is 2.17 bits per heavy atom. The molecule has 0 amide bonds. The summed E-state index contributed by atoms with van der Waals surface area (Å²) in [6.07, 6.45) is 2.04. The molecule has 0 unspecified atom stereocenters. The van der Waals surface area contributed by atoms with E-state index in [-0.39, 0.29) is 0 Å². The minimum atomic E-state index is 0.488. The molecule has 0 saturated heterocycles. The number of aliphatic imine (C=N–C) groups is 1. The summed E-state index contributed by atoms with van der Waals surface area (Å²) < 4.78 is 0. The first kappa shape index (κ1) is 14.5. The lowest BCUT2D eigenvalue weighted by Crippen LogP contribution is -2.23. The van der Waals surface area contributed by atoms with Crippen LogP contribution in [0.2, 0.25) is 0 Å². The first-order valence-corrected chi connectivity index (χ1v) is 6.42. The Morgan fingerprint density at radius 1 is 1.39 bits per heavy atom. The summed E-state index contributed by atoms with van der Waals surface area (Å²) in [4.78, 5) is 6.45. The number of nitrogens with zero attached hydrogens (tertiary/aromatic N) is 2. The zero-order valence-corrected chi connectivity index (χ0v) is 11.6. The van der Waals surface area contributed by atoms with Crippen molar-refractivity contribution < 1.29 is 0 Å². The normalized spacial score (nSPS) is 11.9. The van der Waals surface area contributed by atoms with Crippen molar-refractivity contribution in [3.63, 3.8) is 0 Å². The molecule has 1 aromatic carbocycles. The fraction of sp³-hybridized carbons (Fsp3) is 0.500. The van der Waals surface area contributed by atoms with Crippen LogP contribution in [0.3, 0.4) is 0 Å². The molecule has 0 heterocycles. The fourth-order valence-corrected chi connectivity index (χ4v) is 1.64. The molecule has 0 radical (unpaired) electrons. The summed E-state index contributed by atoms with van der Waals surface area (Å²) in [6, 6.07) is 8.24. The van der Waals surface area contributed by atoms with Crippen molar-refractivity contribution >= 4 is 11.6 Å². The molecule has 100 valence electrons. The highest BCUT2D eigenvalue weighted by atomic mass is 15.1. The molecule has 0 fully saturated rings. The van der Waals surface area contributed by atoms with Crippen LogP contribution in [0.15, 0.2) is 29.3 Å². The average Bonchev–Trinajstić information content (AvgIpc) is 2.34. The lowest BCUT2D eigenvalue weighted by atomic mass is 10.1. The highest BCUT2D eigenvalue weighted by Gasteiger charge is 1.96. The summed E-state index contributed by atoms with van der Waals surface area (Å²) >= 11 is 0.